The molecule has 186 valence electrons. The molecule has 0 saturated heterocycles. The molecule has 4 aromatic rings. The Kier molecular flexibility index (Phi) is 5.57. The zero-order valence-corrected chi connectivity index (χ0v) is 20.1. The van der Waals surface area contributed by atoms with Crippen LogP contribution in [0.15, 0.2) is 47.5 Å². The molecule has 2 atom stereocenters. The van der Waals surface area contributed by atoms with Crippen LogP contribution in [0.25, 0.3) is 10.8 Å². The van der Waals surface area contributed by atoms with Gasteiger partial charge < -0.3 is 4.74 Å². The third kappa shape index (κ3) is 4.10. The van der Waals surface area contributed by atoms with Crippen molar-refractivity contribution in [3.05, 3.63) is 81.8 Å². The van der Waals surface area contributed by atoms with Gasteiger partial charge in [0, 0.05) is 24.9 Å². The smallest absolute Gasteiger partial charge is 0.414 e. The maximum absolute atomic E-state index is 14.8. The van der Waals surface area contributed by atoms with E-state index in [4.69, 9.17) is 4.74 Å². The summed E-state index contributed by atoms with van der Waals surface area (Å²) >= 11 is 0. The lowest BCUT2D eigenvalue weighted by Crippen LogP contribution is -2.39. The summed E-state index contributed by atoms with van der Waals surface area (Å²) in [6.45, 7) is 5.19. The Hall–Kier alpha value is -4.15. The van der Waals surface area contributed by atoms with E-state index < -0.39 is 40.7 Å². The minimum absolute atomic E-state index is 0.0151. The predicted molar refractivity (Wildman–Crippen MR) is 128 cm³/mol. The van der Waals surface area contributed by atoms with Crippen LogP contribution < -0.4 is 10.5 Å². The number of carbonyl (C=O) groups is 1. The number of aromatic amines is 1. The van der Waals surface area contributed by atoms with Gasteiger partial charge in [0.1, 0.15) is 29.4 Å². The molecular formula is C25H24F2N6O3. The molecule has 0 fully saturated rings. The number of amides is 1. The first-order valence-electron chi connectivity index (χ1n) is 11.3. The van der Waals surface area contributed by atoms with Crippen LogP contribution in [-0.2, 0) is 11.8 Å². The Morgan fingerprint density at radius 1 is 1.14 bits per heavy atom. The standard InChI is InChI=1S/C25H24F2N6O3/c1-25(2,3)36-24(35)33-11-17(13-5-7-14(26)8-6-13)20(22-28-12-29-32(22)4)21-19-16(23(34)31-30-21)9-15(27)10-18(19)33/h5-10,12,17,20H,11H2,1-4H3,(H,31,34). The molecule has 2 aromatic heterocycles. The Labute approximate surface area is 204 Å². The SMILES string of the molecule is Cn1ncnc1C1c2n[nH]c(=O)c3cc(F)cc(c23)N(C(=O)OC(C)(C)C)CC1c1ccc(F)cc1. The average molecular weight is 495 g/mol. The second-order valence-electron chi connectivity index (χ2n) is 9.75. The van der Waals surface area contributed by atoms with Crippen molar-refractivity contribution in [1.82, 2.24) is 25.0 Å². The van der Waals surface area contributed by atoms with Crippen molar-refractivity contribution in [3.63, 3.8) is 0 Å². The lowest BCUT2D eigenvalue weighted by Gasteiger charge is -2.31. The first kappa shape index (κ1) is 23.6. The lowest BCUT2D eigenvalue weighted by atomic mass is 9.82. The summed E-state index contributed by atoms with van der Waals surface area (Å²) < 4.78 is 35.9. The Balaban J connectivity index is 1.85. The molecule has 2 aromatic carbocycles. The number of H-pyrrole nitrogens is 1. The molecule has 3 heterocycles. The zero-order valence-electron chi connectivity index (χ0n) is 20.1. The molecule has 1 amide bonds. The Morgan fingerprint density at radius 3 is 2.50 bits per heavy atom. The number of hydrogen-bond donors (Lipinski definition) is 1. The highest BCUT2D eigenvalue weighted by atomic mass is 19.1. The highest BCUT2D eigenvalue weighted by Gasteiger charge is 2.41. The number of aryl methyl sites for hydroxylation is 1. The third-order valence-electron chi connectivity index (χ3n) is 6.16. The van der Waals surface area contributed by atoms with Gasteiger partial charge in [-0.05, 0) is 50.6 Å². The van der Waals surface area contributed by atoms with Crippen LogP contribution in [0, 0.1) is 11.6 Å². The van der Waals surface area contributed by atoms with Gasteiger partial charge in [-0.1, -0.05) is 12.1 Å². The molecule has 0 spiro atoms. The van der Waals surface area contributed by atoms with Gasteiger partial charge in [-0.15, -0.1) is 0 Å². The summed E-state index contributed by atoms with van der Waals surface area (Å²) in [5.41, 5.74) is -0.205. The van der Waals surface area contributed by atoms with Crippen molar-refractivity contribution in [2.45, 2.75) is 38.2 Å². The summed E-state index contributed by atoms with van der Waals surface area (Å²) in [5, 5.41) is 11.4. The number of halogens is 2. The van der Waals surface area contributed by atoms with E-state index in [1.165, 1.54) is 29.4 Å². The second kappa shape index (κ2) is 8.51. The number of carbonyl (C=O) groups excluding carboxylic acids is 1. The van der Waals surface area contributed by atoms with Crippen LogP contribution in [0.2, 0.25) is 0 Å². The summed E-state index contributed by atoms with van der Waals surface area (Å²) in [6.07, 6.45) is 0.675. The fraction of sp³-hybridized carbons (Fsp3) is 0.320. The number of anilines is 1. The molecule has 9 nitrogen and oxygen atoms in total. The van der Waals surface area contributed by atoms with Crippen molar-refractivity contribution in [2.24, 2.45) is 7.05 Å². The monoisotopic (exact) mass is 494 g/mol. The fourth-order valence-corrected chi connectivity index (χ4v) is 4.68. The van der Waals surface area contributed by atoms with Crippen LogP contribution >= 0.6 is 0 Å². The highest BCUT2D eigenvalue weighted by Crippen LogP contribution is 2.45. The first-order valence-corrected chi connectivity index (χ1v) is 11.3. The third-order valence-corrected chi connectivity index (χ3v) is 6.16. The lowest BCUT2D eigenvalue weighted by molar-refractivity contribution is 0.0578. The summed E-state index contributed by atoms with van der Waals surface area (Å²) in [5.74, 6) is -1.76. The van der Waals surface area contributed by atoms with Crippen LogP contribution in [0.4, 0.5) is 19.3 Å². The van der Waals surface area contributed by atoms with E-state index in [1.54, 1.807) is 44.6 Å². The number of hydrogen-bond acceptors (Lipinski definition) is 6. The van der Waals surface area contributed by atoms with Gasteiger partial charge in [0.2, 0.25) is 0 Å². The van der Waals surface area contributed by atoms with E-state index in [-0.39, 0.29) is 17.6 Å². The number of nitrogens with zero attached hydrogens (tertiary/aromatic N) is 5. The molecule has 0 radical (unpaired) electrons. The van der Waals surface area contributed by atoms with Gasteiger partial charge >= 0.3 is 6.09 Å². The largest absolute Gasteiger partial charge is 0.443 e. The second-order valence-corrected chi connectivity index (χ2v) is 9.75. The van der Waals surface area contributed by atoms with E-state index in [2.05, 4.69) is 20.3 Å². The molecule has 36 heavy (non-hydrogen) atoms. The highest BCUT2D eigenvalue weighted by molar-refractivity contribution is 6.03. The van der Waals surface area contributed by atoms with E-state index in [1.807, 2.05) is 0 Å². The molecule has 2 unspecified atom stereocenters. The Bertz CT molecular complexity index is 1520. The molecule has 5 rings (SSSR count). The quantitative estimate of drug-likeness (QED) is 0.452. The Morgan fingerprint density at radius 2 is 1.86 bits per heavy atom. The summed E-state index contributed by atoms with van der Waals surface area (Å²) in [4.78, 5) is 32.0. The van der Waals surface area contributed by atoms with E-state index in [0.717, 1.165) is 6.07 Å². The molecular weight excluding hydrogens is 470 g/mol. The predicted octanol–water partition coefficient (Wildman–Crippen LogP) is 4.00. The van der Waals surface area contributed by atoms with Crippen molar-refractivity contribution < 1.29 is 18.3 Å². The molecule has 1 aliphatic heterocycles. The van der Waals surface area contributed by atoms with Crippen LogP contribution in [0.1, 0.15) is 49.7 Å². The number of aromatic nitrogens is 5. The topological polar surface area (TPSA) is 106 Å². The number of ether oxygens (including phenoxy) is 1. The minimum Gasteiger partial charge on any atom is -0.443 e. The van der Waals surface area contributed by atoms with E-state index in [0.29, 0.717) is 22.5 Å². The maximum Gasteiger partial charge on any atom is 0.414 e. The van der Waals surface area contributed by atoms with Crippen LogP contribution in [0.5, 0.6) is 0 Å². The van der Waals surface area contributed by atoms with Crippen LogP contribution in [-0.4, -0.2) is 43.2 Å². The minimum atomic E-state index is -0.834. The molecule has 1 N–H and O–H groups in total. The number of nitrogens with one attached hydrogen (secondary N) is 1. The van der Waals surface area contributed by atoms with Crippen molar-refractivity contribution in [3.8, 4) is 0 Å². The normalized spacial score (nSPS) is 17.8. The van der Waals surface area contributed by atoms with Crippen LogP contribution in [0.3, 0.4) is 0 Å². The van der Waals surface area contributed by atoms with E-state index >= 15 is 0 Å². The van der Waals surface area contributed by atoms with Gasteiger partial charge in [-0.3, -0.25) is 14.4 Å². The molecule has 0 aliphatic carbocycles. The van der Waals surface area contributed by atoms with Crippen molar-refractivity contribution in [1.29, 1.82) is 0 Å². The number of benzene rings is 2. The van der Waals surface area contributed by atoms with Gasteiger partial charge in [0.25, 0.3) is 5.56 Å². The molecule has 0 bridgehead atoms. The van der Waals surface area contributed by atoms with Gasteiger partial charge in [0.05, 0.1) is 22.7 Å². The van der Waals surface area contributed by atoms with E-state index in [9.17, 15) is 18.4 Å². The fourth-order valence-electron chi connectivity index (χ4n) is 4.68. The van der Waals surface area contributed by atoms with Crippen molar-refractivity contribution >= 4 is 22.6 Å². The zero-order chi connectivity index (χ0) is 25.8. The van der Waals surface area contributed by atoms with Gasteiger partial charge in [-0.25, -0.2) is 23.7 Å². The molecule has 0 saturated carbocycles. The van der Waals surface area contributed by atoms with Crippen molar-refractivity contribution in [2.75, 3.05) is 11.4 Å². The maximum atomic E-state index is 14.8. The average Bonchev–Trinajstić information content (AvgIpc) is 3.16. The summed E-state index contributed by atoms with van der Waals surface area (Å²) in [6, 6.07) is 8.20. The number of rotatable bonds is 2. The summed E-state index contributed by atoms with van der Waals surface area (Å²) in [7, 11) is 1.72. The first-order chi connectivity index (χ1) is 17.0. The van der Waals surface area contributed by atoms with Gasteiger partial charge in [-0.2, -0.15) is 10.2 Å². The molecule has 1 aliphatic rings. The molecule has 11 heteroatoms. The van der Waals surface area contributed by atoms with Gasteiger partial charge in [0.15, 0.2) is 0 Å².